The second kappa shape index (κ2) is 7.78. The van der Waals surface area contributed by atoms with Gasteiger partial charge in [0.25, 0.3) is 0 Å². The summed E-state index contributed by atoms with van der Waals surface area (Å²) in [5.74, 6) is 1.04. The van der Waals surface area contributed by atoms with Crippen molar-refractivity contribution in [1.82, 2.24) is 0 Å². The second-order valence-electron chi connectivity index (χ2n) is 5.48. The summed E-state index contributed by atoms with van der Waals surface area (Å²) in [5, 5.41) is 0. The zero-order chi connectivity index (χ0) is 13.3. The van der Waals surface area contributed by atoms with Gasteiger partial charge in [-0.1, -0.05) is 99.7 Å². The van der Waals surface area contributed by atoms with E-state index >= 15 is 0 Å². The third-order valence-electron chi connectivity index (χ3n) is 3.77. The van der Waals surface area contributed by atoms with Crippen molar-refractivity contribution in [1.29, 1.82) is 0 Å². The molecule has 2 aromatic carbocycles. The first kappa shape index (κ1) is 13.9. The Hall–Kier alpha value is -1.56. The van der Waals surface area contributed by atoms with Crippen molar-refractivity contribution in [3.63, 3.8) is 0 Å². The largest absolute Gasteiger partial charge is 0.0625 e. The van der Waals surface area contributed by atoms with Crippen molar-refractivity contribution < 1.29 is 0 Å². The highest BCUT2D eigenvalue weighted by Crippen LogP contribution is 2.22. The summed E-state index contributed by atoms with van der Waals surface area (Å²) in [6, 6.07) is 20.8. The van der Waals surface area contributed by atoms with Crippen LogP contribution in [0.5, 0.6) is 0 Å². The highest BCUT2D eigenvalue weighted by atomic mass is 14.1. The molecule has 0 unspecified atom stereocenters. The molecule has 0 bridgehead atoms. The molecule has 0 aromatic heterocycles. The molecule has 1 saturated carbocycles. The minimum atomic E-state index is 1.04. The lowest BCUT2D eigenvalue weighted by Crippen LogP contribution is -1.99. The lowest BCUT2D eigenvalue weighted by molar-refractivity contribution is 0.385. The maximum Gasteiger partial charge on any atom is -0.0184 e. The molecule has 0 heteroatoms. The SMILES string of the molecule is CC1CCCCC1.c1ccc(-c2ccccc2)cc1. The minimum absolute atomic E-state index is 1.04. The van der Waals surface area contributed by atoms with Crippen molar-refractivity contribution in [2.75, 3.05) is 0 Å². The van der Waals surface area contributed by atoms with Gasteiger partial charge in [0, 0.05) is 0 Å². The Kier molecular flexibility index (Phi) is 5.68. The predicted octanol–water partition coefficient (Wildman–Crippen LogP) is 5.94. The standard InChI is InChI=1S/C12H10.C7H14/c1-3-7-11(8-4-1)12-9-5-2-6-10-12;1-7-5-3-2-4-6-7/h1-10H;7H,2-6H2,1H3. The van der Waals surface area contributed by atoms with Gasteiger partial charge in [-0.25, -0.2) is 0 Å². The van der Waals surface area contributed by atoms with E-state index < -0.39 is 0 Å². The van der Waals surface area contributed by atoms with Gasteiger partial charge in [-0.3, -0.25) is 0 Å². The van der Waals surface area contributed by atoms with Gasteiger partial charge in [0.15, 0.2) is 0 Å². The lowest BCUT2D eigenvalue weighted by atomic mass is 9.91. The van der Waals surface area contributed by atoms with E-state index in [-0.39, 0.29) is 0 Å². The van der Waals surface area contributed by atoms with Crippen LogP contribution in [0.2, 0.25) is 0 Å². The van der Waals surface area contributed by atoms with Crippen molar-refractivity contribution in [3.05, 3.63) is 60.7 Å². The number of benzene rings is 2. The predicted molar refractivity (Wildman–Crippen MR) is 84.1 cm³/mol. The van der Waals surface area contributed by atoms with E-state index in [0.29, 0.717) is 0 Å². The van der Waals surface area contributed by atoms with E-state index in [2.05, 4.69) is 55.5 Å². The molecule has 0 atom stereocenters. The fourth-order valence-electron chi connectivity index (χ4n) is 2.57. The molecular weight excluding hydrogens is 228 g/mol. The summed E-state index contributed by atoms with van der Waals surface area (Å²) in [5.41, 5.74) is 2.55. The van der Waals surface area contributed by atoms with E-state index in [0.717, 1.165) is 5.92 Å². The van der Waals surface area contributed by atoms with Crippen LogP contribution in [-0.2, 0) is 0 Å². The van der Waals surface area contributed by atoms with Gasteiger partial charge in [-0.15, -0.1) is 0 Å². The quantitative estimate of drug-likeness (QED) is 0.589. The monoisotopic (exact) mass is 252 g/mol. The van der Waals surface area contributed by atoms with Crippen LogP contribution in [0.25, 0.3) is 11.1 Å². The first-order valence-corrected chi connectivity index (χ1v) is 7.47. The normalized spacial score (nSPS) is 15.4. The van der Waals surface area contributed by atoms with Gasteiger partial charge >= 0.3 is 0 Å². The van der Waals surface area contributed by atoms with Crippen LogP contribution in [0, 0.1) is 5.92 Å². The van der Waals surface area contributed by atoms with E-state index in [1.165, 1.54) is 43.2 Å². The molecule has 0 aliphatic heterocycles. The van der Waals surface area contributed by atoms with Gasteiger partial charge in [0.1, 0.15) is 0 Å². The molecule has 19 heavy (non-hydrogen) atoms. The highest BCUT2D eigenvalue weighted by molar-refractivity contribution is 5.62. The van der Waals surface area contributed by atoms with E-state index in [1.807, 2.05) is 12.1 Å². The fourth-order valence-corrected chi connectivity index (χ4v) is 2.57. The van der Waals surface area contributed by atoms with Crippen LogP contribution in [-0.4, -0.2) is 0 Å². The Labute approximate surface area is 117 Å². The molecule has 100 valence electrons. The van der Waals surface area contributed by atoms with Crippen LogP contribution in [0.4, 0.5) is 0 Å². The Balaban J connectivity index is 0.000000163. The third kappa shape index (κ3) is 4.90. The van der Waals surface area contributed by atoms with Gasteiger partial charge in [-0.2, -0.15) is 0 Å². The van der Waals surface area contributed by atoms with E-state index in [1.54, 1.807) is 0 Å². The zero-order valence-corrected chi connectivity index (χ0v) is 11.9. The molecule has 0 N–H and O–H groups in total. The first-order chi connectivity index (χ1) is 9.36. The Morgan fingerprint density at radius 1 is 0.632 bits per heavy atom. The molecule has 0 amide bonds. The molecule has 1 aliphatic carbocycles. The van der Waals surface area contributed by atoms with Crippen LogP contribution in [0.1, 0.15) is 39.0 Å². The van der Waals surface area contributed by atoms with Gasteiger partial charge in [0.2, 0.25) is 0 Å². The molecule has 3 rings (SSSR count). The molecule has 2 aromatic rings. The number of hydrogen-bond acceptors (Lipinski definition) is 0. The summed E-state index contributed by atoms with van der Waals surface area (Å²) in [6.45, 7) is 2.36. The average Bonchev–Trinajstić information content (AvgIpc) is 2.51. The van der Waals surface area contributed by atoms with Crippen LogP contribution < -0.4 is 0 Å². The highest BCUT2D eigenvalue weighted by Gasteiger charge is 2.05. The van der Waals surface area contributed by atoms with Crippen LogP contribution >= 0.6 is 0 Å². The second-order valence-corrected chi connectivity index (χ2v) is 5.48. The molecule has 0 spiro atoms. The Morgan fingerprint density at radius 3 is 1.37 bits per heavy atom. The number of hydrogen-bond donors (Lipinski definition) is 0. The van der Waals surface area contributed by atoms with Crippen molar-refractivity contribution in [2.24, 2.45) is 5.92 Å². The summed E-state index contributed by atoms with van der Waals surface area (Å²) >= 11 is 0. The van der Waals surface area contributed by atoms with Crippen molar-refractivity contribution in [3.8, 4) is 11.1 Å². The summed E-state index contributed by atoms with van der Waals surface area (Å²) in [6.07, 6.45) is 7.44. The molecule has 0 radical (unpaired) electrons. The summed E-state index contributed by atoms with van der Waals surface area (Å²) in [7, 11) is 0. The van der Waals surface area contributed by atoms with Crippen LogP contribution in [0.15, 0.2) is 60.7 Å². The van der Waals surface area contributed by atoms with E-state index in [9.17, 15) is 0 Å². The van der Waals surface area contributed by atoms with Crippen molar-refractivity contribution in [2.45, 2.75) is 39.0 Å². The minimum Gasteiger partial charge on any atom is -0.0625 e. The van der Waals surface area contributed by atoms with Gasteiger partial charge in [0.05, 0.1) is 0 Å². The summed E-state index contributed by atoms with van der Waals surface area (Å²) < 4.78 is 0. The number of rotatable bonds is 1. The van der Waals surface area contributed by atoms with E-state index in [4.69, 9.17) is 0 Å². The fraction of sp³-hybridized carbons (Fsp3) is 0.368. The van der Waals surface area contributed by atoms with Crippen molar-refractivity contribution >= 4 is 0 Å². The Bertz CT molecular complexity index is 400. The zero-order valence-electron chi connectivity index (χ0n) is 11.9. The third-order valence-corrected chi connectivity index (χ3v) is 3.77. The maximum absolute atomic E-state index is 2.36. The van der Waals surface area contributed by atoms with Gasteiger partial charge in [-0.05, 0) is 17.0 Å². The topological polar surface area (TPSA) is 0 Å². The smallest absolute Gasteiger partial charge is 0.0184 e. The molecule has 0 heterocycles. The summed E-state index contributed by atoms with van der Waals surface area (Å²) in [4.78, 5) is 0. The molecule has 0 nitrogen and oxygen atoms in total. The average molecular weight is 252 g/mol. The van der Waals surface area contributed by atoms with Gasteiger partial charge < -0.3 is 0 Å². The first-order valence-electron chi connectivity index (χ1n) is 7.47. The molecule has 0 saturated heterocycles. The molecular formula is C19H24. The molecule has 1 fully saturated rings. The molecule has 1 aliphatic rings. The van der Waals surface area contributed by atoms with Crippen LogP contribution in [0.3, 0.4) is 0 Å². The maximum atomic E-state index is 2.36. The lowest BCUT2D eigenvalue weighted by Gasteiger charge is -2.15. The Morgan fingerprint density at radius 2 is 1.05 bits per heavy atom.